The molecule has 1 N–H and O–H groups in total. The van der Waals surface area contributed by atoms with Crippen molar-refractivity contribution in [2.75, 3.05) is 6.61 Å². The first-order valence-electron chi connectivity index (χ1n) is 10.8. The van der Waals surface area contributed by atoms with Crippen molar-refractivity contribution in [1.29, 1.82) is 0 Å². The van der Waals surface area contributed by atoms with Crippen molar-refractivity contribution in [3.05, 3.63) is 102 Å². The van der Waals surface area contributed by atoms with E-state index in [1.165, 1.54) is 4.46 Å². The van der Waals surface area contributed by atoms with Crippen molar-refractivity contribution in [2.24, 2.45) is 0 Å². The summed E-state index contributed by atoms with van der Waals surface area (Å²) in [6, 6.07) is 30.0. The Morgan fingerprint density at radius 3 is 2.22 bits per heavy atom. The van der Waals surface area contributed by atoms with Crippen LogP contribution in [0.15, 0.2) is 91.0 Å². The number of hydrogen-bond donors (Lipinski definition) is 1. The first-order chi connectivity index (χ1) is 15.8. The first-order valence-corrected chi connectivity index (χ1v) is 12.7. The summed E-state index contributed by atoms with van der Waals surface area (Å²) in [7, 11) is 0. The van der Waals surface area contributed by atoms with E-state index in [9.17, 15) is 5.11 Å². The molecule has 166 valence electrons. The van der Waals surface area contributed by atoms with E-state index < -0.39 is 24.6 Å². The zero-order valence-electron chi connectivity index (χ0n) is 17.5. The average molecular weight is 497 g/mol. The summed E-state index contributed by atoms with van der Waals surface area (Å²) in [5, 5.41) is 11.1. The van der Waals surface area contributed by atoms with Crippen molar-refractivity contribution in [3.63, 3.8) is 0 Å². The predicted octanol–water partition coefficient (Wildman–Crippen LogP) is 2.80. The van der Waals surface area contributed by atoms with Crippen LogP contribution >= 0.6 is 0 Å². The van der Waals surface area contributed by atoms with E-state index in [0.717, 1.165) is 11.1 Å². The molecule has 0 saturated carbocycles. The van der Waals surface area contributed by atoms with Gasteiger partial charge in [0.15, 0.2) is 0 Å². The Morgan fingerprint density at radius 1 is 0.844 bits per heavy atom. The maximum atomic E-state index is 11.4. The van der Waals surface area contributed by atoms with Gasteiger partial charge in [-0.2, -0.15) is 0 Å². The minimum atomic E-state index is -0.817. The molecule has 0 aromatic heterocycles. The molecule has 0 bridgehead atoms. The predicted molar refractivity (Wildman–Crippen MR) is 122 cm³/mol. The molecule has 1 unspecified atom stereocenters. The van der Waals surface area contributed by atoms with Crippen LogP contribution in [-0.4, -0.2) is 56.1 Å². The van der Waals surface area contributed by atoms with Gasteiger partial charge in [0.1, 0.15) is 0 Å². The van der Waals surface area contributed by atoms with Gasteiger partial charge < -0.3 is 0 Å². The quantitative estimate of drug-likeness (QED) is 0.531. The summed E-state index contributed by atoms with van der Waals surface area (Å²) < 4.78 is 26.1. The number of benzene rings is 3. The molecule has 6 atom stereocenters. The van der Waals surface area contributed by atoms with Crippen LogP contribution in [0.1, 0.15) is 17.4 Å². The molecule has 2 saturated heterocycles. The number of ether oxygens (including phenoxy) is 4. The van der Waals surface area contributed by atoms with Gasteiger partial charge >= 0.3 is 195 Å². The number of rotatable bonds is 6. The van der Waals surface area contributed by atoms with Crippen LogP contribution in [0.3, 0.4) is 0 Å². The molecule has 0 radical (unpaired) electrons. The summed E-state index contributed by atoms with van der Waals surface area (Å²) in [4.78, 5) is 0. The average Bonchev–Trinajstić information content (AvgIpc) is 2.85. The van der Waals surface area contributed by atoms with Gasteiger partial charge in [-0.05, 0) is 0 Å². The molecule has 5 rings (SSSR count). The molecule has 2 aliphatic heterocycles. The van der Waals surface area contributed by atoms with Crippen LogP contribution in [0.25, 0.3) is 0 Å². The topological polar surface area (TPSA) is 57.2 Å². The van der Waals surface area contributed by atoms with Crippen LogP contribution in [0.4, 0.5) is 0 Å². The molecule has 3 aromatic carbocycles. The third-order valence-electron chi connectivity index (χ3n) is 5.66. The van der Waals surface area contributed by atoms with Crippen LogP contribution in [0, 0.1) is 0 Å². The summed E-state index contributed by atoms with van der Waals surface area (Å²) >= 11 is -0.0369. The van der Waals surface area contributed by atoms with Gasteiger partial charge in [-0.25, -0.2) is 0 Å². The van der Waals surface area contributed by atoms with E-state index >= 15 is 0 Å². The standard InChI is InChI=1S/C26H26O5Se/c27-22-23-21(17-29-25(31-23)19-12-6-2-7-13-19)30-26(32-20-14-8-3-9-15-20)24(22)28-16-18-10-4-1-5-11-18/h1-15,21-27H,16-17H2/t21-,22+,23-,24+,25?,26-/m1/s1. The van der Waals surface area contributed by atoms with E-state index in [1.54, 1.807) is 0 Å². The van der Waals surface area contributed by atoms with E-state index in [0.29, 0.717) is 13.2 Å². The Bertz CT molecular complexity index is 971. The third-order valence-corrected chi connectivity index (χ3v) is 8.09. The van der Waals surface area contributed by atoms with Crippen molar-refractivity contribution < 1.29 is 24.1 Å². The van der Waals surface area contributed by atoms with Gasteiger partial charge in [0.05, 0.1) is 0 Å². The van der Waals surface area contributed by atoms with Gasteiger partial charge in [0.2, 0.25) is 0 Å². The maximum absolute atomic E-state index is 11.4. The fourth-order valence-corrected chi connectivity index (χ4v) is 6.44. The van der Waals surface area contributed by atoms with E-state index in [4.69, 9.17) is 18.9 Å². The summed E-state index contributed by atoms with van der Waals surface area (Å²) in [5.74, 6) is 0. The van der Waals surface area contributed by atoms with Crippen LogP contribution < -0.4 is 4.46 Å². The Hall–Kier alpha value is -2.02. The van der Waals surface area contributed by atoms with Gasteiger partial charge in [-0.3, -0.25) is 0 Å². The third kappa shape index (κ3) is 4.98. The van der Waals surface area contributed by atoms with Crippen LogP contribution in [0.5, 0.6) is 0 Å². The molecule has 2 aliphatic rings. The Balaban J connectivity index is 1.35. The van der Waals surface area contributed by atoms with E-state index in [1.807, 2.05) is 78.9 Å². The van der Waals surface area contributed by atoms with Gasteiger partial charge in [-0.15, -0.1) is 0 Å². The number of aliphatic hydroxyl groups excluding tert-OH is 1. The monoisotopic (exact) mass is 498 g/mol. The fourth-order valence-electron chi connectivity index (χ4n) is 4.02. The second-order valence-electron chi connectivity index (χ2n) is 7.90. The van der Waals surface area contributed by atoms with Gasteiger partial charge in [-0.1, -0.05) is 0 Å². The zero-order valence-corrected chi connectivity index (χ0v) is 19.2. The molecule has 3 aromatic rings. The normalized spacial score (nSPS) is 29.9. The Labute approximate surface area is 194 Å². The fraction of sp³-hybridized carbons (Fsp3) is 0.308. The second kappa shape index (κ2) is 10.3. The molecule has 6 heteroatoms. The van der Waals surface area contributed by atoms with Crippen LogP contribution in [-0.2, 0) is 25.6 Å². The first kappa shape index (κ1) is 21.8. The van der Waals surface area contributed by atoms with Gasteiger partial charge in [0.25, 0.3) is 0 Å². The van der Waals surface area contributed by atoms with Crippen LogP contribution in [0.2, 0.25) is 0 Å². The molecule has 2 heterocycles. The molecular weight excluding hydrogens is 471 g/mol. The molecule has 0 aliphatic carbocycles. The summed E-state index contributed by atoms with van der Waals surface area (Å²) in [6.07, 6.45) is -2.69. The van der Waals surface area contributed by atoms with Crippen molar-refractivity contribution in [3.8, 4) is 0 Å². The van der Waals surface area contributed by atoms with Crippen molar-refractivity contribution in [1.82, 2.24) is 0 Å². The Kier molecular flexibility index (Phi) is 7.00. The van der Waals surface area contributed by atoms with E-state index in [-0.39, 0.29) is 26.1 Å². The molecule has 0 spiro atoms. The second-order valence-corrected chi connectivity index (χ2v) is 10.4. The zero-order chi connectivity index (χ0) is 21.8. The van der Waals surface area contributed by atoms with Gasteiger partial charge in [0, 0.05) is 0 Å². The van der Waals surface area contributed by atoms with E-state index in [2.05, 4.69) is 12.1 Å². The number of aliphatic hydroxyl groups is 1. The minimum absolute atomic E-state index is 0.0369. The van der Waals surface area contributed by atoms with Crippen molar-refractivity contribution in [2.45, 2.75) is 42.3 Å². The number of fused-ring (bicyclic) bond motifs is 1. The molecule has 2 fully saturated rings. The molecule has 0 amide bonds. The van der Waals surface area contributed by atoms with Crippen molar-refractivity contribution >= 4 is 19.4 Å². The summed E-state index contributed by atoms with van der Waals surface area (Å²) in [5.41, 5.74) is 1.98. The number of hydrogen-bond acceptors (Lipinski definition) is 5. The SMILES string of the molecule is O[C@@H]1[C@H](OCc2ccccc2)[C@@H]([Se]c2ccccc2)O[C@@H]2COC(c3ccccc3)O[C@@H]12. The Morgan fingerprint density at radius 2 is 1.50 bits per heavy atom. The molecule has 5 nitrogen and oxygen atoms in total. The molecular formula is C26H26O5Se. The molecule has 32 heavy (non-hydrogen) atoms. The summed E-state index contributed by atoms with van der Waals surface area (Å²) in [6.45, 7) is 0.775.